The van der Waals surface area contributed by atoms with Gasteiger partial charge in [0.15, 0.2) is 6.23 Å². The van der Waals surface area contributed by atoms with Crippen LogP contribution in [0.3, 0.4) is 0 Å². The summed E-state index contributed by atoms with van der Waals surface area (Å²) in [6, 6.07) is 4.03. The summed E-state index contributed by atoms with van der Waals surface area (Å²) < 4.78 is 5.52. The van der Waals surface area contributed by atoms with Crippen molar-refractivity contribution in [2.75, 3.05) is 0 Å². The predicted octanol–water partition coefficient (Wildman–Crippen LogP) is 1.84. The molecule has 1 aliphatic rings. The number of hydrogen-bond acceptors (Lipinski definition) is 4. The number of rotatable bonds is 3. The molecule has 1 heterocycles. The van der Waals surface area contributed by atoms with Crippen molar-refractivity contribution in [1.29, 1.82) is 0 Å². The van der Waals surface area contributed by atoms with Gasteiger partial charge in [-0.1, -0.05) is 13.3 Å². The zero-order valence-corrected chi connectivity index (χ0v) is 9.30. The Morgan fingerprint density at radius 1 is 1.53 bits per heavy atom. The summed E-state index contributed by atoms with van der Waals surface area (Å²) in [7, 11) is 0. The number of ether oxygens (including phenoxy) is 1. The molecule has 0 saturated heterocycles. The molecular weight excluding hydrogens is 224 g/mol. The third kappa shape index (κ3) is 2.20. The molecule has 1 aromatic carbocycles. The van der Waals surface area contributed by atoms with Crippen LogP contribution in [0, 0.1) is 10.1 Å². The number of fused-ring (bicyclic) bond motifs is 1. The van der Waals surface area contributed by atoms with Gasteiger partial charge in [0.2, 0.25) is 0 Å². The van der Waals surface area contributed by atoms with Crippen molar-refractivity contribution in [2.45, 2.75) is 26.0 Å². The molecule has 2 rings (SSSR count). The van der Waals surface area contributed by atoms with Crippen LogP contribution in [0.15, 0.2) is 18.2 Å². The largest absolute Gasteiger partial charge is 0.470 e. The van der Waals surface area contributed by atoms with Crippen LogP contribution in [-0.4, -0.2) is 17.1 Å². The van der Waals surface area contributed by atoms with Crippen LogP contribution >= 0.6 is 0 Å². The van der Waals surface area contributed by atoms with Gasteiger partial charge in [-0.2, -0.15) is 0 Å². The second kappa shape index (κ2) is 4.40. The van der Waals surface area contributed by atoms with E-state index in [1.165, 1.54) is 18.2 Å². The fourth-order valence-corrected chi connectivity index (χ4v) is 1.71. The van der Waals surface area contributed by atoms with Gasteiger partial charge < -0.3 is 10.1 Å². The molecule has 1 amide bonds. The van der Waals surface area contributed by atoms with Crippen molar-refractivity contribution >= 4 is 11.6 Å². The maximum Gasteiger partial charge on any atom is 0.270 e. The van der Waals surface area contributed by atoms with Gasteiger partial charge in [0.05, 0.1) is 10.5 Å². The molecule has 1 aliphatic heterocycles. The second-order valence-corrected chi connectivity index (χ2v) is 3.81. The summed E-state index contributed by atoms with van der Waals surface area (Å²) in [6.45, 7) is 1.99. The zero-order valence-electron chi connectivity index (χ0n) is 9.30. The molecule has 0 radical (unpaired) electrons. The van der Waals surface area contributed by atoms with Crippen LogP contribution in [0.4, 0.5) is 5.69 Å². The summed E-state index contributed by atoms with van der Waals surface area (Å²) >= 11 is 0. The number of carbonyl (C=O) groups is 1. The molecule has 17 heavy (non-hydrogen) atoms. The van der Waals surface area contributed by atoms with Crippen LogP contribution in [0.25, 0.3) is 0 Å². The van der Waals surface area contributed by atoms with Crippen molar-refractivity contribution in [1.82, 2.24) is 5.32 Å². The maximum absolute atomic E-state index is 11.7. The van der Waals surface area contributed by atoms with Gasteiger partial charge in [0.25, 0.3) is 11.6 Å². The normalized spacial score (nSPS) is 17.9. The van der Waals surface area contributed by atoms with E-state index in [0.717, 1.165) is 6.42 Å². The van der Waals surface area contributed by atoms with Gasteiger partial charge in [-0.15, -0.1) is 0 Å². The molecule has 0 spiro atoms. The quantitative estimate of drug-likeness (QED) is 0.641. The van der Waals surface area contributed by atoms with Gasteiger partial charge in [-0.25, -0.2) is 0 Å². The molecule has 0 aromatic heterocycles. The Hall–Kier alpha value is -2.11. The van der Waals surface area contributed by atoms with Gasteiger partial charge in [-0.05, 0) is 6.07 Å². The third-order valence-corrected chi connectivity index (χ3v) is 2.53. The first-order valence-corrected chi connectivity index (χ1v) is 5.37. The SMILES string of the molecule is CCCC1NC(=O)c2cc([N+](=O)[O-])ccc2O1. The fourth-order valence-electron chi connectivity index (χ4n) is 1.71. The minimum atomic E-state index is -0.536. The summed E-state index contributed by atoms with van der Waals surface area (Å²) in [5.41, 5.74) is 0.1000. The average Bonchev–Trinajstić information content (AvgIpc) is 2.29. The minimum Gasteiger partial charge on any atom is -0.470 e. The summed E-state index contributed by atoms with van der Waals surface area (Å²) in [6.07, 6.45) is 1.25. The lowest BCUT2D eigenvalue weighted by Gasteiger charge is -2.26. The number of nitro groups is 1. The number of amides is 1. The predicted molar refractivity (Wildman–Crippen MR) is 59.9 cm³/mol. The van der Waals surface area contributed by atoms with E-state index in [2.05, 4.69) is 5.32 Å². The second-order valence-electron chi connectivity index (χ2n) is 3.81. The number of hydrogen-bond donors (Lipinski definition) is 1. The molecule has 1 atom stereocenters. The molecule has 0 saturated carbocycles. The zero-order chi connectivity index (χ0) is 12.4. The van der Waals surface area contributed by atoms with Crippen LogP contribution in [0.1, 0.15) is 30.1 Å². The standard InChI is InChI=1S/C11H12N2O4/c1-2-3-10-12-11(14)8-6-7(13(15)16)4-5-9(8)17-10/h4-6,10H,2-3H2,1H3,(H,12,14). The van der Waals surface area contributed by atoms with E-state index in [1.807, 2.05) is 6.92 Å². The molecule has 0 bridgehead atoms. The number of nitrogens with one attached hydrogen (secondary N) is 1. The first kappa shape index (κ1) is 11.4. The molecule has 0 fully saturated rings. The lowest BCUT2D eigenvalue weighted by Crippen LogP contribution is -2.43. The molecule has 1 unspecified atom stereocenters. The highest BCUT2D eigenvalue weighted by Gasteiger charge is 2.26. The van der Waals surface area contributed by atoms with E-state index in [9.17, 15) is 14.9 Å². The van der Waals surface area contributed by atoms with E-state index in [-0.39, 0.29) is 23.4 Å². The molecule has 6 heteroatoms. The lowest BCUT2D eigenvalue weighted by molar-refractivity contribution is -0.384. The van der Waals surface area contributed by atoms with E-state index in [4.69, 9.17) is 4.74 Å². The van der Waals surface area contributed by atoms with E-state index in [0.29, 0.717) is 12.2 Å². The topological polar surface area (TPSA) is 81.5 Å². The Bertz CT molecular complexity index is 473. The molecule has 1 aromatic rings. The lowest BCUT2D eigenvalue weighted by atomic mass is 10.1. The van der Waals surface area contributed by atoms with Crippen molar-refractivity contribution in [3.05, 3.63) is 33.9 Å². The average molecular weight is 236 g/mol. The first-order chi connectivity index (χ1) is 8.11. The maximum atomic E-state index is 11.7. The molecule has 0 aliphatic carbocycles. The van der Waals surface area contributed by atoms with Crippen LogP contribution in [0.2, 0.25) is 0 Å². The van der Waals surface area contributed by atoms with Crippen LogP contribution in [-0.2, 0) is 0 Å². The number of non-ortho nitro benzene ring substituents is 1. The molecular formula is C11H12N2O4. The Morgan fingerprint density at radius 2 is 2.29 bits per heavy atom. The van der Waals surface area contributed by atoms with E-state index in [1.54, 1.807) is 0 Å². The minimum absolute atomic E-state index is 0.114. The first-order valence-electron chi connectivity index (χ1n) is 5.37. The highest BCUT2D eigenvalue weighted by atomic mass is 16.6. The Balaban J connectivity index is 2.32. The number of nitrogens with zero attached hydrogens (tertiary/aromatic N) is 1. The molecule has 1 N–H and O–H groups in total. The van der Waals surface area contributed by atoms with Gasteiger partial charge in [0, 0.05) is 18.6 Å². The number of nitro benzene ring substituents is 1. The summed E-state index contributed by atoms with van der Waals surface area (Å²) in [5, 5.41) is 13.2. The van der Waals surface area contributed by atoms with E-state index < -0.39 is 4.92 Å². The third-order valence-electron chi connectivity index (χ3n) is 2.53. The Morgan fingerprint density at radius 3 is 2.94 bits per heavy atom. The number of carbonyl (C=O) groups excluding carboxylic acids is 1. The van der Waals surface area contributed by atoms with Gasteiger partial charge in [-0.3, -0.25) is 14.9 Å². The summed E-state index contributed by atoms with van der Waals surface area (Å²) in [5.74, 6) is 0.0752. The van der Waals surface area contributed by atoms with Gasteiger partial charge >= 0.3 is 0 Å². The Kier molecular flexibility index (Phi) is 2.95. The molecule has 6 nitrogen and oxygen atoms in total. The van der Waals surface area contributed by atoms with E-state index >= 15 is 0 Å². The smallest absolute Gasteiger partial charge is 0.270 e. The summed E-state index contributed by atoms with van der Waals surface area (Å²) in [4.78, 5) is 21.8. The van der Waals surface area contributed by atoms with Crippen molar-refractivity contribution in [3.63, 3.8) is 0 Å². The Labute approximate surface area is 97.7 Å². The highest BCUT2D eigenvalue weighted by Crippen LogP contribution is 2.28. The van der Waals surface area contributed by atoms with Crippen molar-refractivity contribution in [3.8, 4) is 5.75 Å². The van der Waals surface area contributed by atoms with Crippen LogP contribution in [0.5, 0.6) is 5.75 Å². The van der Waals surface area contributed by atoms with Crippen molar-refractivity contribution < 1.29 is 14.5 Å². The highest BCUT2D eigenvalue weighted by molar-refractivity contribution is 5.98. The van der Waals surface area contributed by atoms with Crippen molar-refractivity contribution in [2.24, 2.45) is 0 Å². The monoisotopic (exact) mass is 236 g/mol. The number of benzene rings is 1. The molecule has 90 valence electrons. The fraction of sp³-hybridized carbons (Fsp3) is 0.364. The van der Waals surface area contributed by atoms with Crippen LogP contribution < -0.4 is 10.1 Å². The van der Waals surface area contributed by atoms with Gasteiger partial charge in [0.1, 0.15) is 5.75 Å².